The highest BCUT2D eigenvalue weighted by molar-refractivity contribution is 5.62. The number of nitrogens with one attached hydrogen (secondary N) is 1. The van der Waals surface area contributed by atoms with Crippen molar-refractivity contribution in [2.24, 2.45) is 0 Å². The van der Waals surface area contributed by atoms with Crippen molar-refractivity contribution in [3.05, 3.63) is 52.2 Å². The van der Waals surface area contributed by atoms with Crippen LogP contribution in [0.1, 0.15) is 11.4 Å². The predicted molar refractivity (Wildman–Crippen MR) is 60.0 cm³/mol. The molecule has 0 unspecified atom stereocenters. The second-order valence-electron chi connectivity index (χ2n) is 3.85. The Balaban J connectivity index is 2.43. The van der Waals surface area contributed by atoms with Crippen LogP contribution in [0.5, 0.6) is 0 Å². The van der Waals surface area contributed by atoms with E-state index in [1.165, 1.54) is 12.1 Å². The normalized spacial score (nSPS) is 11.6. The summed E-state index contributed by atoms with van der Waals surface area (Å²) in [4.78, 5) is 17.2. The third-order valence-electron chi connectivity index (χ3n) is 2.37. The lowest BCUT2D eigenvalue weighted by molar-refractivity contribution is -0.141. The predicted octanol–water partition coefficient (Wildman–Crippen LogP) is 2.76. The first kappa shape index (κ1) is 12.3. The second-order valence-corrected chi connectivity index (χ2v) is 3.85. The van der Waals surface area contributed by atoms with Gasteiger partial charge in [-0.2, -0.15) is 13.2 Å². The average Bonchev–Trinajstić information content (AvgIpc) is 2.27. The number of hydrogen-bond donors (Lipinski definition) is 1. The highest BCUT2D eigenvalue weighted by atomic mass is 19.4. The lowest BCUT2D eigenvalue weighted by Gasteiger charge is -2.06. The molecule has 0 aromatic carbocycles. The molecule has 18 heavy (non-hydrogen) atoms. The molecule has 0 aliphatic carbocycles. The van der Waals surface area contributed by atoms with Gasteiger partial charge in [0.05, 0.1) is 0 Å². The van der Waals surface area contributed by atoms with Crippen molar-refractivity contribution >= 4 is 0 Å². The van der Waals surface area contributed by atoms with Crippen molar-refractivity contribution in [1.29, 1.82) is 0 Å². The van der Waals surface area contributed by atoms with E-state index in [0.29, 0.717) is 16.8 Å². The van der Waals surface area contributed by atoms with Crippen molar-refractivity contribution in [1.82, 2.24) is 9.97 Å². The van der Waals surface area contributed by atoms with Crippen LogP contribution in [0.2, 0.25) is 0 Å². The molecule has 0 aliphatic rings. The molecule has 0 spiro atoms. The van der Waals surface area contributed by atoms with Gasteiger partial charge in [0.25, 0.3) is 0 Å². The quantitative estimate of drug-likeness (QED) is 0.850. The molecule has 2 heterocycles. The number of hydrogen-bond acceptors (Lipinski definition) is 2. The molecule has 0 bridgehead atoms. The van der Waals surface area contributed by atoms with E-state index in [2.05, 4.69) is 9.97 Å². The van der Waals surface area contributed by atoms with E-state index in [-0.39, 0.29) is 5.56 Å². The molecule has 1 N–H and O–H groups in total. The Labute approximate surface area is 100 Å². The molecule has 0 radical (unpaired) electrons. The van der Waals surface area contributed by atoms with Gasteiger partial charge in [-0.05, 0) is 24.6 Å². The lowest BCUT2D eigenvalue weighted by Crippen LogP contribution is -2.08. The number of halogens is 3. The molecule has 6 heteroatoms. The van der Waals surface area contributed by atoms with Crippen LogP contribution in [0.25, 0.3) is 11.1 Å². The molecule has 0 saturated carbocycles. The summed E-state index contributed by atoms with van der Waals surface area (Å²) in [5.41, 5.74) is 0.393. The SMILES string of the molecule is Cc1cc(-c2ccc(C(F)(F)F)nc2)cc(=O)[nH]1. The number of H-pyrrole nitrogens is 1. The van der Waals surface area contributed by atoms with Gasteiger partial charge in [-0.25, -0.2) is 0 Å². The standard InChI is InChI=1S/C12H9F3N2O/c1-7-4-9(5-11(18)17-7)8-2-3-10(16-6-8)12(13,14)15/h2-6H,1H3,(H,17,18). The van der Waals surface area contributed by atoms with Crippen LogP contribution in [-0.4, -0.2) is 9.97 Å². The minimum atomic E-state index is -4.46. The molecule has 0 saturated heterocycles. The number of rotatable bonds is 1. The maximum absolute atomic E-state index is 12.3. The molecular weight excluding hydrogens is 245 g/mol. The number of alkyl halides is 3. The Kier molecular flexibility index (Phi) is 2.94. The van der Waals surface area contributed by atoms with E-state index in [4.69, 9.17) is 0 Å². The Morgan fingerprint density at radius 2 is 1.89 bits per heavy atom. The first-order valence-electron chi connectivity index (χ1n) is 5.11. The topological polar surface area (TPSA) is 45.8 Å². The van der Waals surface area contributed by atoms with Crippen LogP contribution in [0.3, 0.4) is 0 Å². The van der Waals surface area contributed by atoms with Crippen molar-refractivity contribution < 1.29 is 13.2 Å². The highest BCUT2D eigenvalue weighted by Gasteiger charge is 2.32. The zero-order chi connectivity index (χ0) is 13.3. The molecular formula is C12H9F3N2O. The largest absolute Gasteiger partial charge is 0.433 e. The van der Waals surface area contributed by atoms with Crippen LogP contribution in [-0.2, 0) is 6.18 Å². The number of aryl methyl sites for hydroxylation is 1. The zero-order valence-corrected chi connectivity index (χ0v) is 9.38. The first-order chi connectivity index (χ1) is 8.36. The van der Waals surface area contributed by atoms with E-state index in [9.17, 15) is 18.0 Å². The van der Waals surface area contributed by atoms with Gasteiger partial charge >= 0.3 is 6.18 Å². The number of aromatic amines is 1. The third-order valence-corrected chi connectivity index (χ3v) is 2.37. The van der Waals surface area contributed by atoms with E-state index >= 15 is 0 Å². The fraction of sp³-hybridized carbons (Fsp3) is 0.167. The van der Waals surface area contributed by atoms with Crippen molar-refractivity contribution in [3.8, 4) is 11.1 Å². The van der Waals surface area contributed by atoms with E-state index in [1.54, 1.807) is 13.0 Å². The minimum absolute atomic E-state index is 0.301. The van der Waals surface area contributed by atoms with Gasteiger partial charge < -0.3 is 4.98 Å². The molecule has 94 valence electrons. The van der Waals surface area contributed by atoms with Gasteiger partial charge in [-0.15, -0.1) is 0 Å². The van der Waals surface area contributed by atoms with E-state index in [1.807, 2.05) is 0 Å². The van der Waals surface area contributed by atoms with Crippen molar-refractivity contribution in [2.45, 2.75) is 13.1 Å². The fourth-order valence-corrected chi connectivity index (χ4v) is 1.58. The molecule has 0 atom stereocenters. The van der Waals surface area contributed by atoms with Crippen LogP contribution in [0.4, 0.5) is 13.2 Å². The summed E-state index contributed by atoms with van der Waals surface area (Å²) in [5.74, 6) is 0. The summed E-state index contributed by atoms with van der Waals surface area (Å²) in [6, 6.07) is 5.18. The summed E-state index contributed by atoms with van der Waals surface area (Å²) in [7, 11) is 0. The molecule has 2 aromatic heterocycles. The maximum atomic E-state index is 12.3. The Morgan fingerprint density at radius 3 is 2.39 bits per heavy atom. The highest BCUT2D eigenvalue weighted by Crippen LogP contribution is 2.28. The maximum Gasteiger partial charge on any atom is 0.433 e. The summed E-state index contributed by atoms with van der Waals surface area (Å²) in [5, 5.41) is 0. The Bertz CT molecular complexity index is 614. The first-order valence-corrected chi connectivity index (χ1v) is 5.11. The van der Waals surface area contributed by atoms with E-state index < -0.39 is 11.9 Å². The Morgan fingerprint density at radius 1 is 1.17 bits per heavy atom. The summed E-state index contributed by atoms with van der Waals surface area (Å²) >= 11 is 0. The third kappa shape index (κ3) is 2.58. The van der Waals surface area contributed by atoms with Gasteiger partial charge in [0.15, 0.2) is 0 Å². The summed E-state index contributed by atoms with van der Waals surface area (Å²) < 4.78 is 37.0. The van der Waals surface area contributed by atoms with Gasteiger partial charge in [-0.1, -0.05) is 6.07 Å². The monoisotopic (exact) mass is 254 g/mol. The van der Waals surface area contributed by atoms with Crippen LogP contribution >= 0.6 is 0 Å². The minimum Gasteiger partial charge on any atom is -0.326 e. The fourth-order valence-electron chi connectivity index (χ4n) is 1.58. The van der Waals surface area contributed by atoms with Crippen LogP contribution < -0.4 is 5.56 Å². The molecule has 3 nitrogen and oxygen atoms in total. The van der Waals surface area contributed by atoms with Crippen LogP contribution in [0.15, 0.2) is 35.3 Å². The molecule has 0 aliphatic heterocycles. The Hall–Kier alpha value is -2.11. The number of nitrogens with zero attached hydrogens (tertiary/aromatic N) is 1. The lowest BCUT2D eigenvalue weighted by atomic mass is 10.1. The van der Waals surface area contributed by atoms with Crippen molar-refractivity contribution in [3.63, 3.8) is 0 Å². The van der Waals surface area contributed by atoms with E-state index in [0.717, 1.165) is 12.3 Å². The van der Waals surface area contributed by atoms with Gasteiger partial charge in [-0.3, -0.25) is 9.78 Å². The van der Waals surface area contributed by atoms with Crippen molar-refractivity contribution in [2.75, 3.05) is 0 Å². The molecule has 2 aromatic rings. The number of pyridine rings is 2. The summed E-state index contributed by atoms with van der Waals surface area (Å²) in [6.07, 6.45) is -3.35. The smallest absolute Gasteiger partial charge is 0.326 e. The van der Waals surface area contributed by atoms with Gasteiger partial charge in [0, 0.05) is 23.5 Å². The summed E-state index contributed by atoms with van der Waals surface area (Å²) in [6.45, 7) is 1.70. The van der Waals surface area contributed by atoms with Gasteiger partial charge in [0.2, 0.25) is 5.56 Å². The molecule has 0 amide bonds. The second kappa shape index (κ2) is 4.29. The average molecular weight is 254 g/mol. The van der Waals surface area contributed by atoms with Gasteiger partial charge in [0.1, 0.15) is 5.69 Å². The zero-order valence-electron chi connectivity index (χ0n) is 9.38. The molecule has 0 fully saturated rings. The molecule has 2 rings (SSSR count). The van der Waals surface area contributed by atoms with Crippen LogP contribution in [0, 0.1) is 6.92 Å². The number of aromatic nitrogens is 2.